The van der Waals surface area contributed by atoms with E-state index in [1.54, 1.807) is 6.07 Å². The molecule has 2 aromatic rings. The number of aliphatic hydroxyl groups is 2. The summed E-state index contributed by atoms with van der Waals surface area (Å²) in [5.74, 6) is -3.45. The molecule has 2 unspecified atom stereocenters. The summed E-state index contributed by atoms with van der Waals surface area (Å²) in [5, 5.41) is 22.4. The molecule has 6 atom stereocenters. The van der Waals surface area contributed by atoms with Crippen LogP contribution in [0.5, 0.6) is 0 Å². The largest absolute Gasteiger partial charge is 1.00 e. The number of aliphatic hydroxyl groups excluding tert-OH is 2. The summed E-state index contributed by atoms with van der Waals surface area (Å²) in [5.41, 5.74) is 4.57. The van der Waals surface area contributed by atoms with E-state index in [1.165, 1.54) is 30.3 Å². The zero-order valence-corrected chi connectivity index (χ0v) is 29.0. The number of benzene rings is 1. The number of phosphoric acid groups is 1. The summed E-state index contributed by atoms with van der Waals surface area (Å²) in [4.78, 5) is 62.6. The van der Waals surface area contributed by atoms with Crippen LogP contribution in [0.3, 0.4) is 0 Å². The summed E-state index contributed by atoms with van der Waals surface area (Å²) in [6.07, 6.45) is -5.33. The second kappa shape index (κ2) is 17.0. The number of carbonyl (C=O) groups excluding carboxylic acids is 1. The summed E-state index contributed by atoms with van der Waals surface area (Å²) < 4.78 is 38.7. The number of anilines is 1. The third-order valence-corrected chi connectivity index (χ3v) is 7.07. The molecule has 198 valence electrons. The Hall–Kier alpha value is 0.510. The van der Waals surface area contributed by atoms with Crippen LogP contribution in [0.25, 0.3) is 0 Å². The van der Waals surface area contributed by atoms with Gasteiger partial charge in [-0.1, -0.05) is 18.2 Å². The van der Waals surface area contributed by atoms with Crippen LogP contribution < -0.4 is 120 Å². The van der Waals surface area contributed by atoms with Gasteiger partial charge in [0, 0.05) is 18.3 Å². The Morgan fingerprint density at radius 2 is 1.74 bits per heavy atom. The van der Waals surface area contributed by atoms with Crippen LogP contribution in [0.1, 0.15) is 16.6 Å². The van der Waals surface area contributed by atoms with Gasteiger partial charge in [0.25, 0.3) is 13.7 Å². The Labute approximate surface area is 288 Å². The zero-order valence-electron chi connectivity index (χ0n) is 21.2. The first-order valence-electron chi connectivity index (χ1n) is 10.1. The number of nitrogens with zero attached hydrogens (tertiary/aromatic N) is 2. The van der Waals surface area contributed by atoms with E-state index in [-0.39, 0.29) is 100 Å². The predicted molar refractivity (Wildman–Crippen MR) is 114 cm³/mol. The van der Waals surface area contributed by atoms with E-state index in [9.17, 15) is 43.6 Å². The van der Waals surface area contributed by atoms with Gasteiger partial charge in [-0.05, 0) is 25.8 Å². The second-order valence-corrected chi connectivity index (χ2v) is 10.5. The number of ether oxygens (including phenoxy) is 1. The van der Waals surface area contributed by atoms with Crippen LogP contribution in [-0.4, -0.2) is 63.0 Å². The van der Waals surface area contributed by atoms with E-state index in [4.69, 9.17) is 10.5 Å². The molecule has 5 N–H and O–H groups in total. The average Bonchev–Trinajstić information content (AvgIpc) is 3.08. The maximum absolute atomic E-state index is 12.2. The van der Waals surface area contributed by atoms with Crippen molar-refractivity contribution in [2.75, 3.05) is 18.9 Å². The number of phosphoric ester groups is 1. The molecule has 1 amide bonds. The smallest absolute Gasteiger partial charge is 0.809 e. The Balaban J connectivity index is 0.00000481. The van der Waals surface area contributed by atoms with Crippen molar-refractivity contribution < 1.29 is 141 Å². The topological polar surface area (TPSA) is 261 Å². The molecule has 2 heterocycles. The average molecular weight is 616 g/mol. The standard InChI is InChI=1S/C18H24N4O12P2.3Na/c19-12-6-7-22(18(26)21-12)17-15(24)14(23)11(33-17)9-32-36(30,31)34-13(35(27,28)29)8-20-16(25)10-4-2-1-3-5-10;;;/h1-7,11,13-15,17,23-24H,8-9H2,(H,20,25)(H,30,31)(H2,19,21,26)(H2,27,28,29);;;/q;3*+1/p-3/t11-,13?,14-,15-,17-;;;/m1.../s1. The molecule has 1 aliphatic heterocycles. The summed E-state index contributed by atoms with van der Waals surface area (Å²) >= 11 is 0. The van der Waals surface area contributed by atoms with Crippen molar-refractivity contribution in [2.45, 2.75) is 30.4 Å². The number of nitrogen functional groups attached to an aromatic ring is 1. The zero-order chi connectivity index (χ0) is 26.7. The maximum atomic E-state index is 12.2. The van der Waals surface area contributed by atoms with Gasteiger partial charge in [0.1, 0.15) is 30.0 Å². The van der Waals surface area contributed by atoms with E-state index in [1.807, 2.05) is 0 Å². The van der Waals surface area contributed by atoms with Crippen molar-refractivity contribution in [1.29, 1.82) is 0 Å². The van der Waals surface area contributed by atoms with Crippen molar-refractivity contribution in [3.05, 3.63) is 58.6 Å². The van der Waals surface area contributed by atoms with Gasteiger partial charge in [0.05, 0.1) is 6.61 Å². The first kappa shape index (κ1) is 39.5. The first-order chi connectivity index (χ1) is 16.8. The van der Waals surface area contributed by atoms with Crippen LogP contribution in [0.4, 0.5) is 5.82 Å². The SMILES string of the molecule is Nc1ccn([C@@H]2O[C@H](COP(=O)([O-])OC(CNC(=O)c3ccccc3)P(=O)([O-])[O-])[C@@H](O)[C@H]2O)c(=O)n1.[Na+].[Na+].[Na+]. The third kappa shape index (κ3) is 11.3. The van der Waals surface area contributed by atoms with E-state index in [0.717, 1.165) is 10.8 Å². The minimum Gasteiger partial charge on any atom is -0.809 e. The number of hydrogen-bond donors (Lipinski definition) is 4. The number of nitrogens with two attached hydrogens (primary N) is 1. The fourth-order valence-electron chi connectivity index (χ4n) is 3.14. The molecule has 1 saturated heterocycles. The molecule has 21 heteroatoms. The van der Waals surface area contributed by atoms with Crippen LogP contribution in [0, 0.1) is 0 Å². The van der Waals surface area contributed by atoms with Gasteiger partial charge in [-0.2, -0.15) is 4.98 Å². The van der Waals surface area contributed by atoms with Gasteiger partial charge in [-0.15, -0.1) is 0 Å². The molecule has 1 aromatic heterocycles. The van der Waals surface area contributed by atoms with Crippen molar-refractivity contribution >= 4 is 27.1 Å². The summed E-state index contributed by atoms with van der Waals surface area (Å²) in [6, 6.07) is 8.67. The fourth-order valence-corrected chi connectivity index (χ4v) is 5.02. The van der Waals surface area contributed by atoms with E-state index >= 15 is 0 Å². The molecule has 3 rings (SSSR count). The minimum atomic E-state index is -5.72. The minimum absolute atomic E-state index is 0. The quantitative estimate of drug-likeness (QED) is 0.143. The van der Waals surface area contributed by atoms with Gasteiger partial charge in [0.15, 0.2) is 6.23 Å². The first-order valence-corrected chi connectivity index (χ1v) is 13.2. The van der Waals surface area contributed by atoms with Crippen molar-refractivity contribution in [3.8, 4) is 0 Å². The van der Waals surface area contributed by atoms with Crippen molar-refractivity contribution in [2.24, 2.45) is 0 Å². The number of amides is 1. The molecule has 39 heavy (non-hydrogen) atoms. The summed E-state index contributed by atoms with van der Waals surface area (Å²) in [7, 11) is -11.2. The van der Waals surface area contributed by atoms with Gasteiger partial charge in [-0.3, -0.25) is 13.9 Å². The second-order valence-electron chi connectivity index (χ2n) is 7.51. The number of carbonyl (C=O) groups is 1. The molecular weight excluding hydrogens is 595 g/mol. The van der Waals surface area contributed by atoms with Crippen LogP contribution in [0.2, 0.25) is 0 Å². The fraction of sp³-hybridized carbons (Fsp3) is 0.389. The summed E-state index contributed by atoms with van der Waals surface area (Å²) in [6.45, 7) is -2.00. The molecule has 0 radical (unpaired) electrons. The van der Waals surface area contributed by atoms with Crippen molar-refractivity contribution in [3.63, 3.8) is 0 Å². The Morgan fingerprint density at radius 1 is 1.13 bits per heavy atom. The van der Waals surface area contributed by atoms with E-state index in [0.29, 0.717) is 0 Å². The Bertz CT molecular complexity index is 1240. The molecule has 0 spiro atoms. The third-order valence-electron chi connectivity index (χ3n) is 4.94. The Morgan fingerprint density at radius 3 is 2.31 bits per heavy atom. The molecule has 0 saturated carbocycles. The number of hydrogen-bond acceptors (Lipinski definition) is 14. The van der Waals surface area contributed by atoms with Crippen LogP contribution >= 0.6 is 15.4 Å². The molecule has 1 fully saturated rings. The van der Waals surface area contributed by atoms with Crippen LogP contribution in [-0.2, 0) is 22.9 Å². The van der Waals surface area contributed by atoms with Gasteiger partial charge in [0.2, 0.25) is 0 Å². The monoisotopic (exact) mass is 616 g/mol. The Kier molecular flexibility index (Phi) is 17.2. The molecular formula is C18H21N4Na3O12P2. The van der Waals surface area contributed by atoms with Crippen LogP contribution in [0.15, 0.2) is 47.4 Å². The van der Waals surface area contributed by atoms with Gasteiger partial charge < -0.3 is 54.3 Å². The number of aromatic nitrogens is 2. The normalized spacial score (nSPS) is 22.8. The molecule has 1 aliphatic rings. The van der Waals surface area contributed by atoms with E-state index in [2.05, 4.69) is 19.3 Å². The van der Waals surface area contributed by atoms with Crippen molar-refractivity contribution in [1.82, 2.24) is 14.9 Å². The predicted octanol–water partition coefficient (Wildman–Crippen LogP) is -12.4. The maximum Gasteiger partial charge on any atom is 1.00 e. The number of nitrogens with one attached hydrogen (secondary N) is 1. The van der Waals surface area contributed by atoms with Gasteiger partial charge >= 0.3 is 94.4 Å². The molecule has 16 nitrogen and oxygen atoms in total. The molecule has 0 bridgehead atoms. The number of rotatable bonds is 10. The molecule has 0 aliphatic carbocycles. The van der Waals surface area contributed by atoms with E-state index < -0.39 is 70.6 Å². The molecule has 1 aromatic carbocycles. The van der Waals surface area contributed by atoms with Gasteiger partial charge in [-0.25, -0.2) is 4.79 Å².